The van der Waals surface area contributed by atoms with Crippen LogP contribution in [0.5, 0.6) is 17.2 Å². The molecule has 0 radical (unpaired) electrons. The topological polar surface area (TPSA) is 83.1 Å². The van der Waals surface area contributed by atoms with Gasteiger partial charge in [-0.15, -0.1) is 0 Å². The Morgan fingerprint density at radius 3 is 2.68 bits per heavy atom. The van der Waals surface area contributed by atoms with Crippen molar-refractivity contribution >= 4 is 11.9 Å². The number of methoxy groups -OCH3 is 1. The summed E-state index contributed by atoms with van der Waals surface area (Å²) in [5, 5.41) is 3.04. The van der Waals surface area contributed by atoms with Gasteiger partial charge in [0, 0.05) is 6.04 Å². The Morgan fingerprint density at radius 2 is 1.93 bits per heavy atom. The van der Waals surface area contributed by atoms with E-state index in [1.165, 1.54) is 19.6 Å². The van der Waals surface area contributed by atoms with E-state index in [0.717, 1.165) is 12.8 Å². The standard InChI is InChI=1S/C21H29NO6/c1-12-6-5-7-16(13(12)2)22-20(23)14(3)28-21(24)15-10-17(25-4)19-18(11-15)26-8-9-27-19/h10-14,16H,5-9H2,1-4H3,(H,22,23)/t12-,13+,14+,16-/m0/s1. The highest BCUT2D eigenvalue weighted by Crippen LogP contribution is 2.40. The summed E-state index contributed by atoms with van der Waals surface area (Å²) in [6.45, 7) is 6.77. The minimum Gasteiger partial charge on any atom is -0.493 e. The van der Waals surface area contributed by atoms with Crippen molar-refractivity contribution in [3.63, 3.8) is 0 Å². The molecular weight excluding hydrogens is 362 g/mol. The highest BCUT2D eigenvalue weighted by molar-refractivity contribution is 5.93. The van der Waals surface area contributed by atoms with Crippen molar-refractivity contribution in [3.8, 4) is 17.2 Å². The summed E-state index contributed by atoms with van der Waals surface area (Å²) in [7, 11) is 1.49. The lowest BCUT2D eigenvalue weighted by Gasteiger charge is -2.35. The number of fused-ring (bicyclic) bond motifs is 1. The molecule has 0 aromatic heterocycles. The summed E-state index contributed by atoms with van der Waals surface area (Å²) in [5.41, 5.74) is 0.250. The zero-order chi connectivity index (χ0) is 20.3. The first kappa shape index (κ1) is 20.3. The van der Waals surface area contributed by atoms with Crippen molar-refractivity contribution in [2.75, 3.05) is 20.3 Å². The predicted molar refractivity (Wildman–Crippen MR) is 103 cm³/mol. The maximum Gasteiger partial charge on any atom is 0.339 e. The van der Waals surface area contributed by atoms with Crippen LogP contribution in [0, 0.1) is 11.8 Å². The van der Waals surface area contributed by atoms with E-state index in [9.17, 15) is 9.59 Å². The molecule has 1 heterocycles. The zero-order valence-electron chi connectivity index (χ0n) is 16.9. The summed E-state index contributed by atoms with van der Waals surface area (Å²) in [4.78, 5) is 25.1. The molecule has 1 N–H and O–H groups in total. The fraction of sp³-hybridized carbons (Fsp3) is 0.619. The van der Waals surface area contributed by atoms with Crippen LogP contribution in [-0.2, 0) is 9.53 Å². The maximum absolute atomic E-state index is 12.6. The van der Waals surface area contributed by atoms with Crippen LogP contribution in [0.2, 0.25) is 0 Å². The molecule has 1 aliphatic heterocycles. The van der Waals surface area contributed by atoms with Crippen LogP contribution in [0.25, 0.3) is 0 Å². The fourth-order valence-corrected chi connectivity index (χ4v) is 3.76. The van der Waals surface area contributed by atoms with Crippen molar-refractivity contribution < 1.29 is 28.5 Å². The van der Waals surface area contributed by atoms with Crippen LogP contribution in [0.1, 0.15) is 50.4 Å². The maximum atomic E-state index is 12.6. The Balaban J connectivity index is 1.64. The highest BCUT2D eigenvalue weighted by Gasteiger charge is 2.30. The van der Waals surface area contributed by atoms with Gasteiger partial charge in [0.1, 0.15) is 13.2 Å². The van der Waals surface area contributed by atoms with Gasteiger partial charge in [-0.05, 0) is 37.3 Å². The molecule has 0 bridgehead atoms. The molecule has 7 heteroatoms. The first-order valence-corrected chi connectivity index (χ1v) is 9.89. The van der Waals surface area contributed by atoms with E-state index >= 15 is 0 Å². The first-order chi connectivity index (χ1) is 13.4. The van der Waals surface area contributed by atoms with Crippen LogP contribution < -0.4 is 19.5 Å². The summed E-state index contributed by atoms with van der Waals surface area (Å²) >= 11 is 0. The predicted octanol–water partition coefficient (Wildman–Crippen LogP) is 2.95. The van der Waals surface area contributed by atoms with Crippen molar-refractivity contribution in [3.05, 3.63) is 17.7 Å². The molecule has 1 aromatic carbocycles. The van der Waals surface area contributed by atoms with Crippen LogP contribution >= 0.6 is 0 Å². The third-order valence-electron chi connectivity index (χ3n) is 5.75. The molecule has 0 spiro atoms. The fourth-order valence-electron chi connectivity index (χ4n) is 3.76. The summed E-state index contributed by atoms with van der Waals surface area (Å²) in [5.74, 6) is 1.39. The Bertz CT molecular complexity index is 717. The van der Waals surface area contributed by atoms with Gasteiger partial charge in [0.15, 0.2) is 17.6 Å². The second-order valence-corrected chi connectivity index (χ2v) is 7.63. The van der Waals surface area contributed by atoms with Crippen molar-refractivity contribution in [1.29, 1.82) is 0 Å². The van der Waals surface area contributed by atoms with Crippen molar-refractivity contribution in [2.45, 2.75) is 52.2 Å². The van der Waals surface area contributed by atoms with Crippen LogP contribution in [0.15, 0.2) is 12.1 Å². The lowest BCUT2D eigenvalue weighted by atomic mass is 9.78. The molecule has 1 saturated carbocycles. The molecular formula is C21H29NO6. The Labute approximate surface area is 165 Å². The molecule has 7 nitrogen and oxygen atoms in total. The number of hydrogen-bond donors (Lipinski definition) is 1. The normalized spacial score (nSPS) is 24.8. The highest BCUT2D eigenvalue weighted by atomic mass is 16.6. The molecule has 1 fully saturated rings. The first-order valence-electron chi connectivity index (χ1n) is 9.89. The number of rotatable bonds is 5. The van der Waals surface area contributed by atoms with E-state index in [2.05, 4.69) is 19.2 Å². The lowest BCUT2D eigenvalue weighted by molar-refractivity contribution is -0.130. The van der Waals surface area contributed by atoms with Gasteiger partial charge >= 0.3 is 5.97 Å². The Hall–Kier alpha value is -2.44. The summed E-state index contributed by atoms with van der Waals surface area (Å²) in [6.07, 6.45) is 2.35. The number of benzene rings is 1. The number of hydrogen-bond acceptors (Lipinski definition) is 6. The lowest BCUT2D eigenvalue weighted by Crippen LogP contribution is -2.47. The monoisotopic (exact) mass is 391 g/mol. The molecule has 1 aliphatic carbocycles. The number of amides is 1. The van der Waals surface area contributed by atoms with Gasteiger partial charge in [0.05, 0.1) is 12.7 Å². The molecule has 154 valence electrons. The van der Waals surface area contributed by atoms with Crippen LogP contribution in [-0.4, -0.2) is 44.3 Å². The minimum atomic E-state index is -0.892. The summed E-state index contributed by atoms with van der Waals surface area (Å²) in [6, 6.07) is 3.20. The number of carbonyl (C=O) groups excluding carboxylic acids is 2. The van der Waals surface area contributed by atoms with Crippen molar-refractivity contribution in [1.82, 2.24) is 5.32 Å². The van der Waals surface area contributed by atoms with E-state index in [-0.39, 0.29) is 17.5 Å². The quantitative estimate of drug-likeness (QED) is 0.777. The van der Waals surface area contributed by atoms with E-state index < -0.39 is 12.1 Å². The average Bonchev–Trinajstić information content (AvgIpc) is 2.70. The van der Waals surface area contributed by atoms with Gasteiger partial charge < -0.3 is 24.3 Å². The SMILES string of the molecule is COc1cc(C(=O)O[C@H](C)C(=O)N[C@H]2CCC[C@H](C)[C@H]2C)cc2c1OCCO2. The number of carbonyl (C=O) groups is 2. The number of esters is 1. The Morgan fingerprint density at radius 1 is 1.18 bits per heavy atom. The third-order valence-corrected chi connectivity index (χ3v) is 5.75. The zero-order valence-corrected chi connectivity index (χ0v) is 16.9. The van der Waals surface area contributed by atoms with E-state index in [1.54, 1.807) is 13.0 Å². The van der Waals surface area contributed by atoms with Gasteiger partial charge in [0.2, 0.25) is 5.75 Å². The third kappa shape index (κ3) is 4.34. The van der Waals surface area contributed by atoms with E-state index in [1.807, 2.05) is 0 Å². The second-order valence-electron chi connectivity index (χ2n) is 7.63. The van der Waals surface area contributed by atoms with Gasteiger partial charge in [-0.25, -0.2) is 4.79 Å². The van der Waals surface area contributed by atoms with E-state index in [4.69, 9.17) is 18.9 Å². The number of ether oxygens (including phenoxy) is 4. The Kier molecular flexibility index (Phi) is 6.31. The van der Waals surface area contributed by atoms with Gasteiger partial charge in [-0.1, -0.05) is 26.7 Å². The molecule has 28 heavy (non-hydrogen) atoms. The van der Waals surface area contributed by atoms with Crippen LogP contribution in [0.4, 0.5) is 0 Å². The van der Waals surface area contributed by atoms with E-state index in [0.29, 0.717) is 42.3 Å². The molecule has 0 unspecified atom stereocenters. The van der Waals surface area contributed by atoms with Gasteiger partial charge in [-0.2, -0.15) is 0 Å². The number of nitrogens with one attached hydrogen (secondary N) is 1. The molecule has 4 atom stereocenters. The molecule has 1 amide bonds. The van der Waals surface area contributed by atoms with Crippen LogP contribution in [0.3, 0.4) is 0 Å². The smallest absolute Gasteiger partial charge is 0.339 e. The molecule has 0 saturated heterocycles. The molecule has 3 rings (SSSR count). The average molecular weight is 391 g/mol. The van der Waals surface area contributed by atoms with Gasteiger partial charge in [0.25, 0.3) is 5.91 Å². The second kappa shape index (κ2) is 8.71. The molecule has 1 aromatic rings. The summed E-state index contributed by atoms with van der Waals surface area (Å²) < 4.78 is 21.8. The minimum absolute atomic E-state index is 0.117. The largest absolute Gasteiger partial charge is 0.493 e. The van der Waals surface area contributed by atoms with Gasteiger partial charge in [-0.3, -0.25) is 4.79 Å². The molecule has 2 aliphatic rings. The van der Waals surface area contributed by atoms with Crippen molar-refractivity contribution in [2.24, 2.45) is 11.8 Å².